The quantitative estimate of drug-likeness (QED) is 0.583. The average Bonchev–Trinajstić information content (AvgIpc) is 2.25. The number of carbonyl (C=O) groups excluding carboxylic acids is 1. The lowest BCUT2D eigenvalue weighted by atomic mass is 9.97. The Kier molecular flexibility index (Phi) is 3.82. The molecule has 8 heteroatoms. The highest BCUT2D eigenvalue weighted by Gasteiger charge is 2.37. The zero-order chi connectivity index (χ0) is 14.1. The normalized spacial score (nSPS) is 15.2. The lowest BCUT2D eigenvalue weighted by Crippen LogP contribution is -2.34. The van der Waals surface area contributed by atoms with Gasteiger partial charge in [0.15, 0.2) is 6.10 Å². The molecule has 1 rings (SSSR count). The van der Waals surface area contributed by atoms with Gasteiger partial charge in [0.2, 0.25) is 5.91 Å². The van der Waals surface area contributed by atoms with Crippen molar-refractivity contribution in [3.8, 4) is 0 Å². The predicted octanol–water partition coefficient (Wildman–Crippen LogP) is 0.167. The van der Waals surface area contributed by atoms with Gasteiger partial charge >= 0.3 is 6.18 Å². The van der Waals surface area contributed by atoms with Gasteiger partial charge in [0.1, 0.15) is 6.10 Å². The van der Waals surface area contributed by atoms with Gasteiger partial charge in [-0.2, -0.15) is 13.2 Å². The van der Waals surface area contributed by atoms with E-state index in [4.69, 9.17) is 11.5 Å². The molecule has 0 spiro atoms. The second kappa shape index (κ2) is 4.83. The van der Waals surface area contributed by atoms with Crippen LogP contribution >= 0.6 is 0 Å². The number of halogens is 3. The largest absolute Gasteiger partial charge is 0.416 e. The van der Waals surface area contributed by atoms with Gasteiger partial charge in [-0.25, -0.2) is 0 Å². The Morgan fingerprint density at radius 2 is 1.83 bits per heavy atom. The summed E-state index contributed by atoms with van der Waals surface area (Å²) in [6.45, 7) is 0. The molecular formula is C10H11F3N2O3. The smallest absolute Gasteiger partial charge is 0.399 e. The first-order valence-electron chi connectivity index (χ1n) is 4.76. The molecule has 0 heterocycles. The summed E-state index contributed by atoms with van der Waals surface area (Å²) in [6.07, 6.45) is -8.99. The monoisotopic (exact) mass is 264 g/mol. The first-order valence-corrected chi connectivity index (χ1v) is 4.76. The van der Waals surface area contributed by atoms with Crippen molar-refractivity contribution in [3.63, 3.8) is 0 Å². The highest BCUT2D eigenvalue weighted by Crippen LogP contribution is 2.36. The van der Waals surface area contributed by atoms with Crippen molar-refractivity contribution >= 4 is 11.6 Å². The number of nitrogens with two attached hydrogens (primary N) is 2. The van der Waals surface area contributed by atoms with Crippen molar-refractivity contribution in [2.24, 2.45) is 5.73 Å². The predicted molar refractivity (Wildman–Crippen MR) is 56.0 cm³/mol. The van der Waals surface area contributed by atoms with E-state index in [9.17, 15) is 28.2 Å². The van der Waals surface area contributed by atoms with Gasteiger partial charge in [-0.05, 0) is 23.8 Å². The summed E-state index contributed by atoms with van der Waals surface area (Å²) in [5, 5.41) is 18.7. The maximum absolute atomic E-state index is 12.7. The maximum atomic E-state index is 12.7. The van der Waals surface area contributed by atoms with Gasteiger partial charge in [0, 0.05) is 5.69 Å². The van der Waals surface area contributed by atoms with Crippen LogP contribution in [0.1, 0.15) is 17.2 Å². The minimum atomic E-state index is -4.75. The molecule has 18 heavy (non-hydrogen) atoms. The molecule has 0 saturated heterocycles. The molecule has 1 aromatic carbocycles. The summed E-state index contributed by atoms with van der Waals surface area (Å²) in [6, 6.07) is 2.48. The van der Waals surface area contributed by atoms with Crippen molar-refractivity contribution in [1.29, 1.82) is 0 Å². The van der Waals surface area contributed by atoms with E-state index < -0.39 is 35.4 Å². The summed E-state index contributed by atoms with van der Waals surface area (Å²) in [5.41, 5.74) is 8.08. The molecular weight excluding hydrogens is 253 g/mol. The SMILES string of the molecule is NC(=O)C(O)C(O)c1cc(N)ccc1C(F)(F)F. The van der Waals surface area contributed by atoms with Crippen LogP contribution in [0.3, 0.4) is 0 Å². The van der Waals surface area contributed by atoms with Gasteiger partial charge in [0.25, 0.3) is 0 Å². The number of alkyl halides is 3. The third-order valence-electron chi connectivity index (χ3n) is 2.29. The van der Waals surface area contributed by atoms with Crippen molar-refractivity contribution in [1.82, 2.24) is 0 Å². The average molecular weight is 264 g/mol. The Morgan fingerprint density at radius 1 is 1.28 bits per heavy atom. The number of amides is 1. The van der Waals surface area contributed by atoms with Gasteiger partial charge in [-0.3, -0.25) is 4.79 Å². The van der Waals surface area contributed by atoms with Crippen LogP contribution in [0, 0.1) is 0 Å². The third kappa shape index (κ3) is 2.90. The Morgan fingerprint density at radius 3 is 2.28 bits per heavy atom. The Balaban J connectivity index is 3.29. The Labute approximate surface area is 99.8 Å². The number of hydrogen-bond acceptors (Lipinski definition) is 4. The summed E-state index contributed by atoms with van der Waals surface area (Å²) in [7, 11) is 0. The molecule has 0 aliphatic rings. The number of rotatable bonds is 3. The van der Waals surface area contributed by atoms with Crippen LogP contribution in [0.15, 0.2) is 18.2 Å². The van der Waals surface area contributed by atoms with Crippen LogP contribution in [0.5, 0.6) is 0 Å². The molecule has 0 radical (unpaired) electrons. The molecule has 0 fully saturated rings. The number of hydrogen-bond donors (Lipinski definition) is 4. The molecule has 0 aliphatic heterocycles. The molecule has 0 saturated carbocycles. The van der Waals surface area contributed by atoms with E-state index in [2.05, 4.69) is 0 Å². The van der Waals surface area contributed by atoms with E-state index in [1.807, 2.05) is 0 Å². The molecule has 6 N–H and O–H groups in total. The van der Waals surface area contributed by atoms with Crippen LogP contribution in [-0.4, -0.2) is 22.2 Å². The molecule has 2 unspecified atom stereocenters. The Bertz CT molecular complexity index is 462. The fourth-order valence-electron chi connectivity index (χ4n) is 1.41. The number of aliphatic hydroxyl groups excluding tert-OH is 2. The van der Waals surface area contributed by atoms with E-state index in [-0.39, 0.29) is 5.69 Å². The zero-order valence-electron chi connectivity index (χ0n) is 8.98. The number of nitrogen functional groups attached to an aromatic ring is 1. The summed E-state index contributed by atoms with van der Waals surface area (Å²) in [5.74, 6) is -1.34. The van der Waals surface area contributed by atoms with E-state index in [1.165, 1.54) is 0 Å². The molecule has 1 amide bonds. The van der Waals surface area contributed by atoms with Crippen molar-refractivity contribution in [2.45, 2.75) is 18.4 Å². The highest BCUT2D eigenvalue weighted by molar-refractivity contribution is 5.79. The number of carbonyl (C=O) groups is 1. The number of anilines is 1. The molecule has 0 bridgehead atoms. The van der Waals surface area contributed by atoms with Gasteiger partial charge in [-0.1, -0.05) is 0 Å². The van der Waals surface area contributed by atoms with Crippen LogP contribution in [0.2, 0.25) is 0 Å². The molecule has 5 nitrogen and oxygen atoms in total. The third-order valence-corrected chi connectivity index (χ3v) is 2.29. The summed E-state index contributed by atoms with van der Waals surface area (Å²) >= 11 is 0. The van der Waals surface area contributed by atoms with Crippen LogP contribution in [-0.2, 0) is 11.0 Å². The first kappa shape index (κ1) is 14.3. The van der Waals surface area contributed by atoms with E-state index in [1.54, 1.807) is 0 Å². The minimum absolute atomic E-state index is 0.0475. The molecule has 100 valence electrons. The standard InChI is InChI=1S/C10H11F3N2O3/c11-10(12,13)6-2-1-4(14)3-5(6)7(16)8(17)9(15)18/h1-3,7-8,16-17H,14H2,(H2,15,18). The lowest BCUT2D eigenvalue weighted by Gasteiger charge is -2.20. The second-order valence-corrected chi connectivity index (χ2v) is 3.64. The fourth-order valence-corrected chi connectivity index (χ4v) is 1.41. The lowest BCUT2D eigenvalue weighted by molar-refractivity contribution is -0.142. The molecule has 0 aromatic heterocycles. The second-order valence-electron chi connectivity index (χ2n) is 3.64. The van der Waals surface area contributed by atoms with Crippen molar-refractivity contribution in [2.75, 3.05) is 5.73 Å². The minimum Gasteiger partial charge on any atom is -0.399 e. The van der Waals surface area contributed by atoms with Crippen molar-refractivity contribution < 1.29 is 28.2 Å². The number of primary amides is 1. The molecule has 1 aromatic rings. The zero-order valence-corrected chi connectivity index (χ0v) is 8.98. The van der Waals surface area contributed by atoms with Crippen molar-refractivity contribution in [3.05, 3.63) is 29.3 Å². The van der Waals surface area contributed by atoms with Crippen LogP contribution < -0.4 is 11.5 Å². The first-order chi connectivity index (χ1) is 8.14. The maximum Gasteiger partial charge on any atom is 0.416 e. The fraction of sp³-hybridized carbons (Fsp3) is 0.300. The summed E-state index contributed by atoms with van der Waals surface area (Å²) in [4.78, 5) is 10.7. The highest BCUT2D eigenvalue weighted by atomic mass is 19.4. The topological polar surface area (TPSA) is 110 Å². The van der Waals surface area contributed by atoms with Gasteiger partial charge < -0.3 is 21.7 Å². The van der Waals surface area contributed by atoms with E-state index >= 15 is 0 Å². The number of benzene rings is 1. The molecule has 0 aliphatic carbocycles. The summed E-state index contributed by atoms with van der Waals surface area (Å²) < 4.78 is 38.0. The molecule has 2 atom stereocenters. The van der Waals surface area contributed by atoms with E-state index in [0.717, 1.165) is 12.1 Å². The van der Waals surface area contributed by atoms with Gasteiger partial charge in [-0.15, -0.1) is 0 Å². The Hall–Kier alpha value is -1.80. The van der Waals surface area contributed by atoms with Gasteiger partial charge in [0.05, 0.1) is 5.56 Å². The number of aliphatic hydroxyl groups is 2. The van der Waals surface area contributed by atoms with Crippen LogP contribution in [0.25, 0.3) is 0 Å². The van der Waals surface area contributed by atoms with E-state index in [0.29, 0.717) is 6.07 Å². The van der Waals surface area contributed by atoms with Crippen LogP contribution in [0.4, 0.5) is 18.9 Å².